The predicted octanol–water partition coefficient (Wildman–Crippen LogP) is 2.76. The fourth-order valence-corrected chi connectivity index (χ4v) is 3.29. The number of carboxylic acids is 1. The second-order valence-corrected chi connectivity index (χ2v) is 6.95. The van der Waals surface area contributed by atoms with Crippen LogP contribution >= 0.6 is 22.6 Å². The van der Waals surface area contributed by atoms with Gasteiger partial charge in [-0.05, 0) is 64.1 Å². The van der Waals surface area contributed by atoms with E-state index in [1.807, 2.05) is 0 Å². The lowest BCUT2D eigenvalue weighted by atomic mass is 10.1. The summed E-state index contributed by atoms with van der Waals surface area (Å²) in [7, 11) is 1.50. The smallest absolute Gasteiger partial charge is 0.335 e. The Kier molecular flexibility index (Phi) is 5.83. The van der Waals surface area contributed by atoms with Gasteiger partial charge in [0.05, 0.1) is 16.2 Å². The van der Waals surface area contributed by atoms with Gasteiger partial charge in [-0.2, -0.15) is 0 Å². The molecule has 9 heteroatoms. The van der Waals surface area contributed by atoms with Crippen molar-refractivity contribution in [3.8, 4) is 11.5 Å². The first kappa shape index (κ1) is 19.7. The van der Waals surface area contributed by atoms with Crippen molar-refractivity contribution in [1.29, 1.82) is 0 Å². The standard InChI is InChI=1S/C19H15IN2O6/c1-27-15-8-11(7-14-17(23)22-19(26)21-14)6-13(20)16(15)28-9-10-2-4-12(5-3-10)18(24)25/h2-8H,9H2,1H3,(H,24,25)(H2,21,22,23,26)/b14-7+. The molecule has 3 amide bonds. The summed E-state index contributed by atoms with van der Waals surface area (Å²) in [4.78, 5) is 33.8. The van der Waals surface area contributed by atoms with Gasteiger partial charge >= 0.3 is 12.0 Å². The summed E-state index contributed by atoms with van der Waals surface area (Å²) in [5.41, 5.74) is 1.82. The largest absolute Gasteiger partial charge is 0.493 e. The Morgan fingerprint density at radius 2 is 1.89 bits per heavy atom. The molecule has 2 aromatic rings. The minimum absolute atomic E-state index is 0.148. The molecule has 1 saturated heterocycles. The number of halogens is 1. The van der Waals surface area contributed by atoms with Crippen LogP contribution in [0.5, 0.6) is 11.5 Å². The van der Waals surface area contributed by atoms with Crippen LogP contribution in [0, 0.1) is 3.57 Å². The molecule has 0 aliphatic carbocycles. The Balaban J connectivity index is 1.80. The van der Waals surface area contributed by atoms with E-state index < -0.39 is 17.9 Å². The first-order valence-electron chi connectivity index (χ1n) is 8.04. The van der Waals surface area contributed by atoms with E-state index in [-0.39, 0.29) is 17.9 Å². The third-order valence-corrected chi connectivity index (χ3v) is 4.67. The third kappa shape index (κ3) is 4.42. The normalized spacial score (nSPS) is 14.6. The highest BCUT2D eigenvalue weighted by atomic mass is 127. The highest BCUT2D eigenvalue weighted by Crippen LogP contribution is 2.35. The van der Waals surface area contributed by atoms with Crippen molar-refractivity contribution in [3.05, 3.63) is 62.4 Å². The Morgan fingerprint density at radius 1 is 1.18 bits per heavy atom. The van der Waals surface area contributed by atoms with Gasteiger partial charge in [0.2, 0.25) is 0 Å². The van der Waals surface area contributed by atoms with Crippen LogP contribution in [-0.4, -0.2) is 30.1 Å². The van der Waals surface area contributed by atoms with E-state index in [0.29, 0.717) is 17.1 Å². The summed E-state index contributed by atoms with van der Waals surface area (Å²) in [5, 5.41) is 13.5. The zero-order valence-electron chi connectivity index (χ0n) is 14.6. The van der Waals surface area contributed by atoms with Gasteiger partial charge in [-0.3, -0.25) is 10.1 Å². The molecule has 2 aromatic carbocycles. The molecule has 3 N–H and O–H groups in total. The van der Waals surface area contributed by atoms with Crippen LogP contribution in [0.2, 0.25) is 0 Å². The highest BCUT2D eigenvalue weighted by molar-refractivity contribution is 14.1. The fourth-order valence-electron chi connectivity index (χ4n) is 2.51. The van der Waals surface area contributed by atoms with Crippen LogP contribution in [0.15, 0.2) is 42.1 Å². The number of rotatable bonds is 6. The number of hydrogen-bond acceptors (Lipinski definition) is 5. The number of hydrogen-bond donors (Lipinski definition) is 3. The Labute approximate surface area is 173 Å². The van der Waals surface area contributed by atoms with Gasteiger partial charge in [0.15, 0.2) is 11.5 Å². The van der Waals surface area contributed by atoms with Crippen molar-refractivity contribution in [1.82, 2.24) is 10.6 Å². The number of urea groups is 1. The van der Waals surface area contributed by atoms with E-state index >= 15 is 0 Å². The molecule has 1 heterocycles. The van der Waals surface area contributed by atoms with Gasteiger partial charge in [0.25, 0.3) is 5.91 Å². The molecule has 3 rings (SSSR count). The average molecular weight is 494 g/mol. The molecular weight excluding hydrogens is 479 g/mol. The molecule has 0 radical (unpaired) electrons. The molecule has 1 aliphatic rings. The van der Waals surface area contributed by atoms with Crippen molar-refractivity contribution >= 4 is 46.6 Å². The second-order valence-electron chi connectivity index (χ2n) is 5.79. The Bertz CT molecular complexity index is 985. The zero-order valence-corrected chi connectivity index (χ0v) is 16.8. The third-order valence-electron chi connectivity index (χ3n) is 3.87. The Hall–Kier alpha value is -3.08. The molecule has 0 atom stereocenters. The molecule has 1 fully saturated rings. The van der Waals surface area contributed by atoms with Gasteiger partial charge in [-0.1, -0.05) is 12.1 Å². The zero-order chi connectivity index (χ0) is 20.3. The highest BCUT2D eigenvalue weighted by Gasteiger charge is 2.23. The van der Waals surface area contributed by atoms with Gasteiger partial charge in [0.1, 0.15) is 12.3 Å². The van der Waals surface area contributed by atoms with Gasteiger partial charge in [0, 0.05) is 0 Å². The lowest BCUT2D eigenvalue weighted by Gasteiger charge is -2.14. The SMILES string of the molecule is COc1cc(/C=C2/NC(=O)NC2=O)cc(I)c1OCc1ccc(C(=O)O)cc1. The monoisotopic (exact) mass is 494 g/mol. The Morgan fingerprint density at radius 3 is 2.46 bits per heavy atom. The summed E-state index contributed by atoms with van der Waals surface area (Å²) >= 11 is 2.09. The first-order chi connectivity index (χ1) is 13.4. The van der Waals surface area contributed by atoms with Crippen LogP contribution in [-0.2, 0) is 11.4 Å². The lowest BCUT2D eigenvalue weighted by molar-refractivity contribution is -0.115. The number of benzene rings is 2. The van der Waals surface area contributed by atoms with Crippen molar-refractivity contribution in [2.75, 3.05) is 7.11 Å². The number of ether oxygens (including phenoxy) is 2. The van der Waals surface area contributed by atoms with E-state index in [1.54, 1.807) is 30.3 Å². The van der Waals surface area contributed by atoms with Crippen molar-refractivity contribution in [2.45, 2.75) is 6.61 Å². The number of aromatic carboxylic acids is 1. The minimum atomic E-state index is -0.986. The first-order valence-corrected chi connectivity index (χ1v) is 9.12. The second kappa shape index (κ2) is 8.30. The van der Waals surface area contributed by atoms with E-state index in [0.717, 1.165) is 9.13 Å². The molecule has 1 aliphatic heterocycles. The number of imide groups is 1. The maximum Gasteiger partial charge on any atom is 0.335 e. The molecule has 28 heavy (non-hydrogen) atoms. The van der Waals surface area contributed by atoms with Crippen LogP contribution in [0.25, 0.3) is 6.08 Å². The molecular formula is C19H15IN2O6. The number of amides is 3. The van der Waals surface area contributed by atoms with Gasteiger partial charge < -0.3 is 19.9 Å². The summed E-state index contributed by atoms with van der Waals surface area (Å²) in [6.07, 6.45) is 1.54. The van der Waals surface area contributed by atoms with Crippen molar-refractivity contribution in [3.63, 3.8) is 0 Å². The maximum atomic E-state index is 11.7. The van der Waals surface area contributed by atoms with E-state index in [2.05, 4.69) is 33.2 Å². The van der Waals surface area contributed by atoms with E-state index in [4.69, 9.17) is 14.6 Å². The summed E-state index contributed by atoms with van der Waals surface area (Å²) in [6, 6.07) is 9.31. The maximum absolute atomic E-state index is 11.7. The van der Waals surface area contributed by atoms with Crippen LogP contribution in [0.4, 0.5) is 4.79 Å². The van der Waals surface area contributed by atoms with Crippen molar-refractivity contribution < 1.29 is 29.0 Å². The summed E-state index contributed by atoms with van der Waals surface area (Å²) in [5.74, 6) is -0.497. The number of nitrogens with one attached hydrogen (secondary N) is 2. The quantitative estimate of drug-likeness (QED) is 0.324. The van der Waals surface area contributed by atoms with Crippen LogP contribution in [0.3, 0.4) is 0 Å². The van der Waals surface area contributed by atoms with E-state index in [9.17, 15) is 14.4 Å². The molecule has 0 unspecified atom stereocenters. The summed E-state index contributed by atoms with van der Waals surface area (Å²) < 4.78 is 12.0. The fraction of sp³-hybridized carbons (Fsp3) is 0.105. The molecule has 0 bridgehead atoms. The van der Waals surface area contributed by atoms with Gasteiger partial charge in [-0.15, -0.1) is 0 Å². The number of carbonyl (C=O) groups is 3. The van der Waals surface area contributed by atoms with Crippen LogP contribution < -0.4 is 20.1 Å². The number of methoxy groups -OCH3 is 1. The van der Waals surface area contributed by atoms with Gasteiger partial charge in [-0.25, -0.2) is 9.59 Å². The lowest BCUT2D eigenvalue weighted by Crippen LogP contribution is -2.22. The van der Waals surface area contributed by atoms with E-state index in [1.165, 1.54) is 19.2 Å². The number of carboxylic acid groups (broad SMARTS) is 1. The van der Waals surface area contributed by atoms with Crippen molar-refractivity contribution in [2.24, 2.45) is 0 Å². The summed E-state index contributed by atoms with van der Waals surface area (Å²) in [6.45, 7) is 0.227. The topological polar surface area (TPSA) is 114 Å². The van der Waals surface area contributed by atoms with Crippen LogP contribution in [0.1, 0.15) is 21.5 Å². The molecule has 0 aromatic heterocycles. The molecule has 144 valence electrons. The average Bonchev–Trinajstić information content (AvgIpc) is 2.97. The minimum Gasteiger partial charge on any atom is -0.493 e. The molecule has 0 spiro atoms. The predicted molar refractivity (Wildman–Crippen MR) is 108 cm³/mol. The number of carbonyl (C=O) groups excluding carboxylic acids is 2. The molecule has 0 saturated carbocycles. The molecule has 8 nitrogen and oxygen atoms in total.